The fourth-order valence-electron chi connectivity index (χ4n) is 8.92. The standard InChI is InChI=1S/C33H31N3O5/c37-26-11-10-21-15-27-33(38)16-24-23-6-1-2-7-25(23)35(18-20-4-3-5-22(14-20)36(39)40)29(24)31-32(33,28(21)30(26)41-31)12-13-34(27)17-19-8-9-19/h1-7,10-11,14,19,27,31,37-38H,8-9,12-13,15-18H2/t27-,31+,32+,33-/m1/s1. The lowest BCUT2D eigenvalue weighted by molar-refractivity contribution is -0.384. The summed E-state index contributed by atoms with van der Waals surface area (Å²) in [6.45, 7) is 2.35. The summed E-state index contributed by atoms with van der Waals surface area (Å²) >= 11 is 0. The number of piperidine rings is 1. The van der Waals surface area contributed by atoms with E-state index in [9.17, 15) is 20.3 Å². The zero-order valence-corrected chi connectivity index (χ0v) is 22.6. The molecule has 1 saturated carbocycles. The van der Waals surface area contributed by atoms with E-state index in [1.807, 2.05) is 24.3 Å². The molecule has 2 bridgehead atoms. The lowest BCUT2D eigenvalue weighted by Crippen LogP contribution is -2.74. The van der Waals surface area contributed by atoms with Gasteiger partial charge in [0.2, 0.25) is 0 Å². The molecule has 8 nitrogen and oxygen atoms in total. The number of rotatable bonds is 5. The molecule has 2 N–H and O–H groups in total. The minimum Gasteiger partial charge on any atom is -0.504 e. The molecule has 3 aliphatic carbocycles. The molecule has 1 spiro atoms. The normalized spacial score (nSPS) is 29.2. The first-order valence-electron chi connectivity index (χ1n) is 14.7. The number of phenols is 1. The Labute approximate surface area is 236 Å². The molecule has 3 heterocycles. The molecular weight excluding hydrogens is 518 g/mol. The molecule has 2 fully saturated rings. The average molecular weight is 550 g/mol. The Hall–Kier alpha value is -3.88. The van der Waals surface area contributed by atoms with Crippen LogP contribution in [0.5, 0.6) is 11.5 Å². The summed E-state index contributed by atoms with van der Waals surface area (Å²) < 4.78 is 9.08. The van der Waals surface area contributed by atoms with E-state index in [-0.39, 0.29) is 22.4 Å². The number of likely N-dealkylation sites (tertiary alicyclic amines) is 1. The van der Waals surface area contributed by atoms with Gasteiger partial charge in [0.15, 0.2) is 17.6 Å². The first-order valence-corrected chi connectivity index (χ1v) is 14.7. The van der Waals surface area contributed by atoms with Gasteiger partial charge in [0.25, 0.3) is 5.69 Å². The first kappa shape index (κ1) is 23.8. The maximum absolute atomic E-state index is 13.1. The third kappa shape index (κ3) is 2.96. The van der Waals surface area contributed by atoms with Gasteiger partial charge in [-0.05, 0) is 67.0 Å². The molecule has 4 aromatic rings. The second-order valence-corrected chi connectivity index (χ2v) is 12.8. The van der Waals surface area contributed by atoms with Crippen LogP contribution in [-0.4, -0.2) is 49.3 Å². The van der Waals surface area contributed by atoms with Crippen LogP contribution in [0.4, 0.5) is 5.69 Å². The van der Waals surface area contributed by atoms with E-state index in [4.69, 9.17) is 4.74 Å². The fraction of sp³-hybridized carbons (Fsp3) is 0.394. The molecular formula is C33H31N3O5. The number of fused-ring (bicyclic) bond motifs is 4. The molecule has 9 rings (SSSR count). The van der Waals surface area contributed by atoms with Crippen molar-refractivity contribution in [1.82, 2.24) is 9.47 Å². The molecule has 0 amide bonds. The average Bonchev–Trinajstić information content (AvgIpc) is 3.64. The van der Waals surface area contributed by atoms with Crippen molar-refractivity contribution in [3.63, 3.8) is 0 Å². The van der Waals surface area contributed by atoms with Crippen molar-refractivity contribution in [1.29, 1.82) is 0 Å². The van der Waals surface area contributed by atoms with E-state index in [1.54, 1.807) is 18.2 Å². The van der Waals surface area contributed by atoms with Crippen LogP contribution in [0.1, 0.15) is 53.3 Å². The van der Waals surface area contributed by atoms with Crippen LogP contribution in [-0.2, 0) is 24.8 Å². The van der Waals surface area contributed by atoms with Crippen molar-refractivity contribution in [2.75, 3.05) is 13.1 Å². The molecule has 0 unspecified atom stereocenters. The van der Waals surface area contributed by atoms with E-state index < -0.39 is 17.1 Å². The Bertz CT molecular complexity index is 1790. The Morgan fingerprint density at radius 2 is 1.95 bits per heavy atom. The van der Waals surface area contributed by atoms with Crippen LogP contribution in [0.3, 0.4) is 0 Å². The van der Waals surface area contributed by atoms with E-state index in [0.29, 0.717) is 18.7 Å². The van der Waals surface area contributed by atoms with Gasteiger partial charge in [-0.3, -0.25) is 15.0 Å². The highest BCUT2D eigenvalue weighted by molar-refractivity contribution is 5.87. The van der Waals surface area contributed by atoms with E-state index in [0.717, 1.165) is 65.1 Å². The third-order valence-electron chi connectivity index (χ3n) is 10.8. The number of para-hydroxylation sites is 1. The Morgan fingerprint density at radius 3 is 2.78 bits per heavy atom. The van der Waals surface area contributed by atoms with Crippen molar-refractivity contribution >= 4 is 16.6 Å². The largest absolute Gasteiger partial charge is 0.504 e. The van der Waals surface area contributed by atoms with Crippen molar-refractivity contribution in [2.45, 2.75) is 61.8 Å². The van der Waals surface area contributed by atoms with E-state index in [2.05, 4.69) is 21.6 Å². The quantitative estimate of drug-likeness (QED) is 0.268. The number of nitro benzene ring substituents is 1. The predicted molar refractivity (Wildman–Crippen MR) is 152 cm³/mol. The maximum atomic E-state index is 13.1. The number of benzene rings is 3. The third-order valence-corrected chi connectivity index (χ3v) is 10.8. The molecule has 4 atom stereocenters. The lowest BCUT2D eigenvalue weighted by Gasteiger charge is -2.63. The topological polar surface area (TPSA) is 101 Å². The molecule has 0 radical (unpaired) electrons. The number of ether oxygens (including phenoxy) is 1. The second kappa shape index (κ2) is 7.89. The summed E-state index contributed by atoms with van der Waals surface area (Å²) in [4.78, 5) is 13.7. The number of hydrogen-bond acceptors (Lipinski definition) is 6. The molecule has 1 saturated heterocycles. The SMILES string of the molecule is O=[N+]([O-])c1cccc(Cn2c3c(c4ccccc42)C[C@@]2(O)[C@H]4Cc5ccc(O)c6c5[C@@]2(CCN4CC2CC2)[C@H]3O6)c1. The number of nitro groups is 1. The summed E-state index contributed by atoms with van der Waals surface area (Å²) in [7, 11) is 0. The van der Waals surface area contributed by atoms with Crippen molar-refractivity contribution in [3.8, 4) is 11.5 Å². The van der Waals surface area contributed by atoms with Crippen molar-refractivity contribution < 1.29 is 19.9 Å². The van der Waals surface area contributed by atoms with Gasteiger partial charge in [-0.15, -0.1) is 0 Å². The number of nitrogens with zero attached hydrogens (tertiary/aromatic N) is 3. The van der Waals surface area contributed by atoms with Gasteiger partial charge in [0, 0.05) is 54.2 Å². The van der Waals surface area contributed by atoms with Crippen LogP contribution >= 0.6 is 0 Å². The van der Waals surface area contributed by atoms with Crippen molar-refractivity contribution in [2.24, 2.45) is 5.92 Å². The first-order chi connectivity index (χ1) is 19.9. The minimum atomic E-state index is -1.05. The van der Waals surface area contributed by atoms with Crippen LogP contribution in [0.25, 0.3) is 10.9 Å². The second-order valence-electron chi connectivity index (χ2n) is 12.8. The highest BCUT2D eigenvalue weighted by atomic mass is 16.6. The molecule has 3 aromatic carbocycles. The fourth-order valence-corrected chi connectivity index (χ4v) is 8.92. The number of hydrogen-bond donors (Lipinski definition) is 2. The summed E-state index contributed by atoms with van der Waals surface area (Å²) in [6.07, 6.45) is 4.05. The molecule has 5 aliphatic rings. The van der Waals surface area contributed by atoms with Crippen LogP contribution < -0.4 is 4.74 Å². The van der Waals surface area contributed by atoms with Gasteiger partial charge in [-0.2, -0.15) is 0 Å². The van der Waals surface area contributed by atoms with Crippen molar-refractivity contribution in [3.05, 3.63) is 98.7 Å². The Kier molecular flexibility index (Phi) is 4.58. The van der Waals surface area contributed by atoms with Gasteiger partial charge >= 0.3 is 0 Å². The smallest absolute Gasteiger partial charge is 0.269 e. The summed E-state index contributed by atoms with van der Waals surface area (Å²) in [5.74, 6) is 1.35. The lowest BCUT2D eigenvalue weighted by atomic mass is 9.49. The molecule has 1 aromatic heterocycles. The van der Waals surface area contributed by atoms with E-state index >= 15 is 0 Å². The zero-order valence-electron chi connectivity index (χ0n) is 22.6. The molecule has 41 heavy (non-hydrogen) atoms. The number of aromatic nitrogens is 1. The van der Waals surface area contributed by atoms with Gasteiger partial charge in [0.1, 0.15) is 0 Å². The number of non-ortho nitro benzene ring substituents is 1. The molecule has 208 valence electrons. The van der Waals surface area contributed by atoms with Crippen LogP contribution in [0, 0.1) is 16.0 Å². The highest BCUT2D eigenvalue weighted by Gasteiger charge is 2.73. The van der Waals surface area contributed by atoms with Crippen LogP contribution in [0.15, 0.2) is 60.7 Å². The number of aliphatic hydroxyl groups is 1. The molecule has 2 aliphatic heterocycles. The number of phenolic OH excluding ortho intramolecular Hbond substituents is 1. The predicted octanol–water partition coefficient (Wildman–Crippen LogP) is 5.00. The monoisotopic (exact) mass is 549 g/mol. The summed E-state index contributed by atoms with van der Waals surface area (Å²) in [5.41, 5.74) is 4.45. The van der Waals surface area contributed by atoms with Crippen LogP contribution in [0.2, 0.25) is 0 Å². The maximum Gasteiger partial charge on any atom is 0.269 e. The van der Waals surface area contributed by atoms with E-state index in [1.165, 1.54) is 24.5 Å². The highest BCUT2D eigenvalue weighted by Crippen LogP contribution is 2.69. The minimum absolute atomic E-state index is 0.0296. The molecule has 8 heteroatoms. The summed E-state index contributed by atoms with van der Waals surface area (Å²) in [5, 5.41) is 36.8. The summed E-state index contributed by atoms with van der Waals surface area (Å²) in [6, 6.07) is 18.8. The zero-order chi connectivity index (χ0) is 27.7. The Morgan fingerprint density at radius 1 is 1.10 bits per heavy atom. The van der Waals surface area contributed by atoms with Gasteiger partial charge < -0.3 is 19.5 Å². The Balaban J connectivity index is 1.29. The van der Waals surface area contributed by atoms with Gasteiger partial charge in [-0.1, -0.05) is 36.4 Å². The number of aromatic hydroxyl groups is 1. The van der Waals surface area contributed by atoms with Gasteiger partial charge in [0.05, 0.1) is 21.6 Å². The van der Waals surface area contributed by atoms with Gasteiger partial charge in [-0.25, -0.2) is 0 Å².